The zero-order chi connectivity index (χ0) is 22.1. The summed E-state index contributed by atoms with van der Waals surface area (Å²) in [6.07, 6.45) is 10.3. The fourth-order valence-corrected chi connectivity index (χ4v) is 4.72. The molecule has 0 radical (unpaired) electrons. The van der Waals surface area contributed by atoms with Gasteiger partial charge < -0.3 is 14.5 Å². The van der Waals surface area contributed by atoms with Gasteiger partial charge in [-0.25, -0.2) is 4.98 Å². The first-order chi connectivity index (χ1) is 14.2. The predicted molar refractivity (Wildman–Crippen MR) is 122 cm³/mol. The molecule has 0 bridgehead atoms. The van der Waals surface area contributed by atoms with Gasteiger partial charge in [-0.2, -0.15) is 0 Å². The fourth-order valence-electron chi connectivity index (χ4n) is 2.69. The Labute approximate surface area is 197 Å². The van der Waals surface area contributed by atoms with Crippen molar-refractivity contribution in [2.24, 2.45) is 5.92 Å². The van der Waals surface area contributed by atoms with Crippen molar-refractivity contribution in [3.63, 3.8) is 0 Å². The number of imidazole rings is 1. The van der Waals surface area contributed by atoms with E-state index < -0.39 is 8.87 Å². The van der Waals surface area contributed by atoms with Crippen molar-refractivity contribution in [2.75, 3.05) is 5.94 Å². The first-order valence-electron chi connectivity index (χ1n) is 8.78. The Balaban J connectivity index is 0.000000735. The monoisotopic (exact) mass is 535 g/mol. The van der Waals surface area contributed by atoms with Crippen molar-refractivity contribution in [3.8, 4) is 0 Å². The van der Waals surface area contributed by atoms with Gasteiger partial charge in [-0.1, -0.05) is 75.2 Å². The van der Waals surface area contributed by atoms with E-state index in [9.17, 15) is 0 Å². The molecule has 0 spiro atoms. The fraction of sp³-hybridized carbons (Fsp3) is 0.316. The van der Waals surface area contributed by atoms with Crippen LogP contribution in [0.25, 0.3) is 0 Å². The maximum Gasteiger partial charge on any atom is 0.291 e. The number of aryl methyl sites for hydroxylation is 2. The third-order valence-corrected chi connectivity index (χ3v) is 6.53. The molecule has 0 amide bonds. The molecule has 1 heterocycles. The highest BCUT2D eigenvalue weighted by atomic mass is 79.9. The van der Waals surface area contributed by atoms with E-state index >= 15 is 0 Å². The average molecular weight is 537 g/mol. The minimum Gasteiger partial charge on any atom is -0.483 e. The molecule has 162 valence electrons. The molecule has 0 saturated heterocycles. The van der Waals surface area contributed by atoms with Crippen LogP contribution < -0.4 is 0 Å². The molecule has 1 N–H and O–H groups in total. The van der Waals surface area contributed by atoms with E-state index in [1.54, 1.807) is 24.3 Å². The van der Waals surface area contributed by atoms with Crippen LogP contribution in [0.15, 0.2) is 70.8 Å². The van der Waals surface area contributed by atoms with Crippen molar-refractivity contribution >= 4 is 50.9 Å². The van der Waals surface area contributed by atoms with Gasteiger partial charge in [0.2, 0.25) is 0 Å². The molecule has 1 aliphatic carbocycles. The van der Waals surface area contributed by atoms with Crippen LogP contribution in [0.5, 0.6) is 0 Å². The number of benzene rings is 1. The van der Waals surface area contributed by atoms with E-state index in [1.807, 2.05) is 35.0 Å². The van der Waals surface area contributed by atoms with Gasteiger partial charge in [-0.15, -0.1) is 10.1 Å². The SMILES string of the molecule is Cc1ccccc1SCOC1=C(Cl)C(CCn2ccnc2)C=CC1(Cl)Br.O=[N+]([O-])O. The van der Waals surface area contributed by atoms with Crippen LogP contribution in [-0.4, -0.2) is 29.6 Å². The summed E-state index contributed by atoms with van der Waals surface area (Å²) >= 11 is 18.3. The number of hydrogen-bond acceptors (Lipinski definition) is 5. The number of hydrogen-bond donors (Lipinski definition) is 1. The molecule has 0 fully saturated rings. The van der Waals surface area contributed by atoms with Gasteiger partial charge in [0.15, 0.2) is 3.78 Å². The summed E-state index contributed by atoms with van der Waals surface area (Å²) in [5.41, 5.74) is 1.22. The largest absolute Gasteiger partial charge is 0.483 e. The second kappa shape index (κ2) is 11.6. The third kappa shape index (κ3) is 7.54. The van der Waals surface area contributed by atoms with Gasteiger partial charge in [0.1, 0.15) is 11.7 Å². The molecule has 0 saturated carbocycles. The van der Waals surface area contributed by atoms with Gasteiger partial charge in [0.05, 0.1) is 11.4 Å². The molecule has 2 aromatic rings. The maximum atomic E-state index is 8.36. The van der Waals surface area contributed by atoms with Crippen molar-refractivity contribution in [2.45, 2.75) is 28.6 Å². The highest BCUT2D eigenvalue weighted by Crippen LogP contribution is 2.45. The van der Waals surface area contributed by atoms with E-state index in [-0.39, 0.29) is 5.92 Å². The van der Waals surface area contributed by atoms with Crippen molar-refractivity contribution in [1.82, 2.24) is 9.55 Å². The lowest BCUT2D eigenvalue weighted by molar-refractivity contribution is -0.742. The average Bonchev–Trinajstić information content (AvgIpc) is 3.18. The smallest absolute Gasteiger partial charge is 0.291 e. The number of allylic oxidation sites excluding steroid dienone is 3. The van der Waals surface area contributed by atoms with Crippen molar-refractivity contribution in [1.29, 1.82) is 0 Å². The highest BCUT2D eigenvalue weighted by molar-refractivity contribution is 9.10. The number of nitrogens with zero attached hydrogens (tertiary/aromatic N) is 3. The van der Waals surface area contributed by atoms with Crippen molar-refractivity contribution in [3.05, 3.63) is 81.6 Å². The lowest BCUT2D eigenvalue weighted by atomic mass is 9.98. The van der Waals surface area contributed by atoms with E-state index in [1.165, 1.54) is 10.5 Å². The topological polar surface area (TPSA) is 90.4 Å². The van der Waals surface area contributed by atoms with Crippen LogP contribution >= 0.6 is 50.9 Å². The number of ether oxygens (including phenoxy) is 1. The maximum absolute atomic E-state index is 8.36. The molecule has 1 aromatic carbocycles. The lowest BCUT2D eigenvalue weighted by Crippen LogP contribution is -2.23. The Bertz CT molecular complexity index is 903. The second-order valence-corrected chi connectivity index (χ2v) is 9.94. The summed E-state index contributed by atoms with van der Waals surface area (Å²) in [4.78, 5) is 13.6. The molecule has 3 rings (SSSR count). The summed E-state index contributed by atoms with van der Waals surface area (Å²) < 4.78 is 7.13. The van der Waals surface area contributed by atoms with Gasteiger partial charge in [0, 0.05) is 29.8 Å². The Hall–Kier alpha value is -1.68. The molecular weight excluding hydrogens is 517 g/mol. The summed E-state index contributed by atoms with van der Waals surface area (Å²) in [7, 11) is 0. The molecule has 1 aromatic heterocycles. The molecule has 7 nitrogen and oxygen atoms in total. The lowest BCUT2D eigenvalue weighted by Gasteiger charge is -2.29. The standard InChI is InChI=1S/C19H19BrCl2N2OS.HNO3/c1-14-4-2-3-5-16(14)26-13-25-18-17(21)15(6-8-19(18,20)22)7-10-24-11-9-23-12-24;2-1(3)4/h2-6,8-9,11-12,15H,7,10,13H2,1H3;(H,2,3,4). The number of alkyl halides is 2. The molecule has 2 unspecified atom stereocenters. The Kier molecular flexibility index (Phi) is 9.54. The number of halogens is 3. The first kappa shape index (κ1) is 24.6. The first-order valence-corrected chi connectivity index (χ1v) is 11.3. The zero-order valence-electron chi connectivity index (χ0n) is 16.0. The molecule has 2 atom stereocenters. The number of rotatable bonds is 7. The van der Waals surface area contributed by atoms with Crippen LogP contribution in [0.3, 0.4) is 0 Å². The minimum atomic E-state index is -1.50. The third-order valence-electron chi connectivity index (χ3n) is 4.15. The molecule has 11 heteroatoms. The quantitative estimate of drug-likeness (QED) is 0.117. The van der Waals surface area contributed by atoms with Crippen LogP contribution in [0.1, 0.15) is 12.0 Å². The molecule has 0 aliphatic heterocycles. The Morgan fingerprint density at radius 2 is 2.17 bits per heavy atom. The van der Waals surface area contributed by atoms with Crippen LogP contribution in [0.2, 0.25) is 0 Å². The van der Waals surface area contributed by atoms with Crippen LogP contribution in [0, 0.1) is 23.0 Å². The van der Waals surface area contributed by atoms with Gasteiger partial charge >= 0.3 is 0 Å². The Morgan fingerprint density at radius 1 is 1.47 bits per heavy atom. The number of thioether (sulfide) groups is 1. The summed E-state index contributed by atoms with van der Waals surface area (Å²) in [5, 5.41) is 14.3. The van der Waals surface area contributed by atoms with Gasteiger partial charge in [-0.05, 0) is 31.1 Å². The van der Waals surface area contributed by atoms with Crippen LogP contribution in [-0.2, 0) is 11.3 Å². The van der Waals surface area contributed by atoms with Crippen molar-refractivity contribution < 1.29 is 15.0 Å². The van der Waals surface area contributed by atoms with E-state index in [4.69, 9.17) is 43.3 Å². The van der Waals surface area contributed by atoms with E-state index in [0.29, 0.717) is 16.7 Å². The van der Waals surface area contributed by atoms with E-state index in [2.05, 4.69) is 40.0 Å². The minimum absolute atomic E-state index is 0.0713. The normalized spacial score (nSPS) is 20.5. The number of aromatic nitrogens is 2. The Morgan fingerprint density at radius 3 is 2.80 bits per heavy atom. The second-order valence-electron chi connectivity index (χ2n) is 6.26. The van der Waals surface area contributed by atoms with Crippen LogP contribution in [0.4, 0.5) is 0 Å². The summed E-state index contributed by atoms with van der Waals surface area (Å²) in [6.45, 7) is 2.91. The molecule has 30 heavy (non-hydrogen) atoms. The molecular formula is C19H20BrCl2N3O4S. The summed E-state index contributed by atoms with van der Waals surface area (Å²) in [6, 6.07) is 8.21. The van der Waals surface area contributed by atoms with Gasteiger partial charge in [-0.3, -0.25) is 0 Å². The molecule has 1 aliphatic rings. The highest BCUT2D eigenvalue weighted by Gasteiger charge is 2.36. The van der Waals surface area contributed by atoms with E-state index in [0.717, 1.165) is 13.0 Å². The summed E-state index contributed by atoms with van der Waals surface area (Å²) in [5.74, 6) is 1.08. The zero-order valence-corrected chi connectivity index (χ0v) is 19.9. The predicted octanol–water partition coefficient (Wildman–Crippen LogP) is 5.97. The van der Waals surface area contributed by atoms with Gasteiger partial charge in [0.25, 0.3) is 5.09 Å².